The van der Waals surface area contributed by atoms with Crippen LogP contribution in [-0.4, -0.2) is 12.2 Å². The Morgan fingerprint density at radius 2 is 1.68 bits per heavy atom. The third-order valence-corrected chi connectivity index (χ3v) is 3.26. The highest BCUT2D eigenvalue weighted by Gasteiger charge is 1.96. The molecule has 0 atom stereocenters. The van der Waals surface area contributed by atoms with E-state index in [1.165, 1.54) is 4.90 Å². The van der Waals surface area contributed by atoms with Crippen LogP contribution in [-0.2, 0) is 0 Å². The summed E-state index contributed by atoms with van der Waals surface area (Å²) in [5.41, 5.74) is 7.95. The van der Waals surface area contributed by atoms with Crippen LogP contribution in [0.3, 0.4) is 0 Å². The van der Waals surface area contributed by atoms with Gasteiger partial charge < -0.3 is 5.73 Å². The minimum Gasteiger partial charge on any atom is -0.350 e. The lowest BCUT2D eigenvalue weighted by molar-refractivity contribution is 0.249. The van der Waals surface area contributed by atoms with Crippen molar-refractivity contribution in [1.82, 2.24) is 5.43 Å². The van der Waals surface area contributed by atoms with Crippen LogP contribution in [0.2, 0.25) is 0 Å². The standard InChI is InChI=1S/C14H13N3OS/c15-14(18)17-16-10-11-6-8-13(9-7-11)19-12-4-2-1-3-5-12/h1-10H,(H3,15,17,18)/b16-10+. The Labute approximate surface area is 115 Å². The van der Waals surface area contributed by atoms with Crippen LogP contribution in [0.1, 0.15) is 5.56 Å². The van der Waals surface area contributed by atoms with Crippen molar-refractivity contribution in [3.05, 3.63) is 60.2 Å². The molecule has 0 saturated carbocycles. The maximum Gasteiger partial charge on any atom is 0.332 e. The van der Waals surface area contributed by atoms with Crippen LogP contribution < -0.4 is 11.2 Å². The predicted molar refractivity (Wildman–Crippen MR) is 77.3 cm³/mol. The Kier molecular flexibility index (Phi) is 4.58. The van der Waals surface area contributed by atoms with Crippen LogP contribution in [0.25, 0.3) is 0 Å². The summed E-state index contributed by atoms with van der Waals surface area (Å²) >= 11 is 1.69. The molecular formula is C14H13N3OS. The van der Waals surface area contributed by atoms with E-state index < -0.39 is 6.03 Å². The second-order valence-corrected chi connectivity index (χ2v) is 4.87. The van der Waals surface area contributed by atoms with E-state index in [9.17, 15) is 4.79 Å². The number of rotatable bonds is 4. The van der Waals surface area contributed by atoms with Gasteiger partial charge in [0.05, 0.1) is 6.21 Å². The number of carbonyl (C=O) groups excluding carboxylic acids is 1. The normalized spacial score (nSPS) is 10.5. The van der Waals surface area contributed by atoms with Crippen LogP contribution in [0.5, 0.6) is 0 Å². The highest BCUT2D eigenvalue weighted by atomic mass is 32.2. The van der Waals surface area contributed by atoms with Gasteiger partial charge in [-0.15, -0.1) is 0 Å². The second kappa shape index (κ2) is 6.61. The minimum atomic E-state index is -0.674. The zero-order valence-electron chi connectivity index (χ0n) is 10.1. The summed E-state index contributed by atoms with van der Waals surface area (Å²) < 4.78 is 0. The van der Waals surface area contributed by atoms with Gasteiger partial charge in [-0.1, -0.05) is 42.1 Å². The summed E-state index contributed by atoms with van der Waals surface area (Å²) in [5.74, 6) is 0. The average molecular weight is 271 g/mol. The molecule has 0 unspecified atom stereocenters. The van der Waals surface area contributed by atoms with Crippen LogP contribution in [0, 0.1) is 0 Å². The number of nitrogens with one attached hydrogen (secondary N) is 1. The van der Waals surface area contributed by atoms with Gasteiger partial charge in [-0.25, -0.2) is 10.2 Å². The van der Waals surface area contributed by atoms with Crippen molar-refractivity contribution in [2.75, 3.05) is 0 Å². The molecule has 96 valence electrons. The number of hydrogen-bond donors (Lipinski definition) is 2. The van der Waals surface area contributed by atoms with Crippen molar-refractivity contribution in [3.8, 4) is 0 Å². The van der Waals surface area contributed by atoms with Crippen molar-refractivity contribution in [2.45, 2.75) is 9.79 Å². The van der Waals surface area contributed by atoms with Crippen molar-refractivity contribution < 1.29 is 4.79 Å². The Hall–Kier alpha value is -2.27. The molecule has 0 fully saturated rings. The molecule has 2 rings (SSSR count). The molecule has 2 aromatic carbocycles. The number of hydrazone groups is 1. The summed E-state index contributed by atoms with van der Waals surface area (Å²) in [6.07, 6.45) is 1.54. The lowest BCUT2D eigenvalue weighted by atomic mass is 10.2. The molecule has 0 aromatic heterocycles. The van der Waals surface area contributed by atoms with Crippen molar-refractivity contribution in [1.29, 1.82) is 0 Å². The monoisotopic (exact) mass is 271 g/mol. The van der Waals surface area contributed by atoms with E-state index in [1.807, 2.05) is 42.5 Å². The first kappa shape index (κ1) is 13.2. The summed E-state index contributed by atoms with van der Waals surface area (Å²) in [6, 6.07) is 17.3. The van der Waals surface area contributed by atoms with Gasteiger partial charge >= 0.3 is 6.03 Å². The summed E-state index contributed by atoms with van der Waals surface area (Å²) in [5, 5.41) is 3.70. The quantitative estimate of drug-likeness (QED) is 0.663. The second-order valence-electron chi connectivity index (χ2n) is 3.72. The summed E-state index contributed by atoms with van der Waals surface area (Å²) in [6.45, 7) is 0. The Balaban J connectivity index is 1.98. The molecule has 2 aromatic rings. The predicted octanol–water partition coefficient (Wildman–Crippen LogP) is 2.84. The zero-order valence-corrected chi connectivity index (χ0v) is 10.9. The van der Waals surface area contributed by atoms with Crippen molar-refractivity contribution in [3.63, 3.8) is 0 Å². The first-order valence-electron chi connectivity index (χ1n) is 5.65. The highest BCUT2D eigenvalue weighted by Crippen LogP contribution is 2.26. The molecule has 0 spiro atoms. The topological polar surface area (TPSA) is 67.5 Å². The maximum atomic E-state index is 10.4. The number of hydrogen-bond acceptors (Lipinski definition) is 3. The molecule has 0 aliphatic heterocycles. The largest absolute Gasteiger partial charge is 0.350 e. The smallest absolute Gasteiger partial charge is 0.332 e. The summed E-state index contributed by atoms with van der Waals surface area (Å²) in [4.78, 5) is 12.8. The SMILES string of the molecule is NC(=O)N/N=C/c1ccc(Sc2ccccc2)cc1. The molecule has 0 aliphatic carbocycles. The molecule has 3 N–H and O–H groups in total. The number of nitrogens with two attached hydrogens (primary N) is 1. The number of primary amides is 1. The molecular weight excluding hydrogens is 258 g/mol. The molecule has 4 nitrogen and oxygen atoms in total. The molecule has 0 aliphatic rings. The molecule has 0 saturated heterocycles. The number of carbonyl (C=O) groups is 1. The Morgan fingerprint density at radius 3 is 2.32 bits per heavy atom. The summed E-state index contributed by atoms with van der Waals surface area (Å²) in [7, 11) is 0. The number of urea groups is 1. The zero-order chi connectivity index (χ0) is 13.5. The van der Waals surface area contributed by atoms with Gasteiger partial charge in [-0.05, 0) is 29.8 Å². The van der Waals surface area contributed by atoms with E-state index in [1.54, 1.807) is 18.0 Å². The molecule has 0 heterocycles. The van der Waals surface area contributed by atoms with Crippen LogP contribution in [0.15, 0.2) is 69.5 Å². The van der Waals surface area contributed by atoms with Gasteiger partial charge in [-0.2, -0.15) is 5.10 Å². The van der Waals surface area contributed by atoms with Gasteiger partial charge in [0.1, 0.15) is 0 Å². The highest BCUT2D eigenvalue weighted by molar-refractivity contribution is 7.99. The maximum absolute atomic E-state index is 10.4. The van der Waals surface area contributed by atoms with Gasteiger partial charge in [0, 0.05) is 9.79 Å². The van der Waals surface area contributed by atoms with E-state index in [2.05, 4.69) is 22.7 Å². The molecule has 5 heteroatoms. The first-order chi connectivity index (χ1) is 9.24. The van der Waals surface area contributed by atoms with E-state index >= 15 is 0 Å². The first-order valence-corrected chi connectivity index (χ1v) is 6.47. The molecule has 19 heavy (non-hydrogen) atoms. The van der Waals surface area contributed by atoms with Gasteiger partial charge in [-0.3, -0.25) is 0 Å². The Bertz CT molecular complexity index is 567. The van der Waals surface area contributed by atoms with Crippen molar-refractivity contribution in [2.24, 2.45) is 10.8 Å². The van der Waals surface area contributed by atoms with Gasteiger partial charge in [0.15, 0.2) is 0 Å². The molecule has 2 amide bonds. The van der Waals surface area contributed by atoms with Crippen LogP contribution >= 0.6 is 11.8 Å². The molecule has 0 bridgehead atoms. The fourth-order valence-electron chi connectivity index (χ4n) is 1.42. The number of benzene rings is 2. The number of amides is 2. The lowest BCUT2D eigenvalue weighted by Crippen LogP contribution is -2.24. The number of nitrogens with zero attached hydrogens (tertiary/aromatic N) is 1. The van der Waals surface area contributed by atoms with Gasteiger partial charge in [0.25, 0.3) is 0 Å². The van der Waals surface area contributed by atoms with E-state index in [4.69, 9.17) is 5.73 Å². The average Bonchev–Trinajstić information content (AvgIpc) is 2.42. The van der Waals surface area contributed by atoms with E-state index in [0.717, 1.165) is 10.5 Å². The van der Waals surface area contributed by atoms with E-state index in [-0.39, 0.29) is 0 Å². The third-order valence-electron chi connectivity index (χ3n) is 2.25. The van der Waals surface area contributed by atoms with Gasteiger partial charge in [0.2, 0.25) is 0 Å². The Morgan fingerprint density at radius 1 is 1.05 bits per heavy atom. The molecule has 0 radical (unpaired) electrons. The fourth-order valence-corrected chi connectivity index (χ4v) is 2.25. The van der Waals surface area contributed by atoms with E-state index in [0.29, 0.717) is 0 Å². The lowest BCUT2D eigenvalue weighted by Gasteiger charge is -2.01. The minimum absolute atomic E-state index is 0.674. The fraction of sp³-hybridized carbons (Fsp3) is 0. The van der Waals surface area contributed by atoms with Crippen LogP contribution in [0.4, 0.5) is 4.79 Å². The van der Waals surface area contributed by atoms with Crippen molar-refractivity contribution >= 4 is 24.0 Å². The third kappa shape index (κ3) is 4.48.